The molecular formula is C15H8BrF2N3OS. The topological polar surface area (TPSA) is 54.9 Å². The molecule has 23 heavy (non-hydrogen) atoms. The second-order valence-electron chi connectivity index (χ2n) is 4.51. The molecule has 0 aliphatic rings. The van der Waals surface area contributed by atoms with E-state index in [9.17, 15) is 13.6 Å². The van der Waals surface area contributed by atoms with Gasteiger partial charge in [-0.1, -0.05) is 38.6 Å². The van der Waals surface area contributed by atoms with E-state index in [1.54, 1.807) is 24.3 Å². The minimum Gasteiger partial charge on any atom is -0.316 e. The predicted molar refractivity (Wildman–Crippen MR) is 87.4 cm³/mol. The first kappa shape index (κ1) is 15.7. The van der Waals surface area contributed by atoms with Crippen molar-refractivity contribution in [2.45, 2.75) is 0 Å². The van der Waals surface area contributed by atoms with Gasteiger partial charge in [0.05, 0.1) is 0 Å². The van der Waals surface area contributed by atoms with E-state index < -0.39 is 23.2 Å². The summed E-state index contributed by atoms with van der Waals surface area (Å²) in [7, 11) is 0. The Morgan fingerprint density at radius 3 is 2.39 bits per heavy atom. The first-order valence-corrected chi connectivity index (χ1v) is 7.96. The molecule has 0 spiro atoms. The first-order valence-electron chi connectivity index (χ1n) is 6.40. The molecule has 0 saturated heterocycles. The third kappa shape index (κ3) is 3.27. The Morgan fingerprint density at radius 1 is 1.09 bits per heavy atom. The van der Waals surface area contributed by atoms with Crippen LogP contribution >= 0.6 is 27.5 Å². The summed E-state index contributed by atoms with van der Waals surface area (Å²) in [6.45, 7) is 0. The highest BCUT2D eigenvalue weighted by Gasteiger charge is 2.20. The molecule has 0 radical (unpaired) electrons. The van der Waals surface area contributed by atoms with E-state index in [2.05, 4.69) is 30.8 Å². The van der Waals surface area contributed by atoms with Crippen molar-refractivity contribution in [1.82, 2.24) is 9.59 Å². The summed E-state index contributed by atoms with van der Waals surface area (Å²) in [4.78, 5) is 12.5. The summed E-state index contributed by atoms with van der Waals surface area (Å²) in [6, 6.07) is 10.5. The van der Waals surface area contributed by atoms with Crippen LogP contribution < -0.4 is 5.32 Å². The molecular weight excluding hydrogens is 388 g/mol. The zero-order chi connectivity index (χ0) is 16.4. The maximum atomic E-state index is 13.6. The van der Waals surface area contributed by atoms with Crippen molar-refractivity contribution in [3.63, 3.8) is 0 Å². The molecule has 8 heteroatoms. The van der Waals surface area contributed by atoms with Crippen molar-refractivity contribution < 1.29 is 13.6 Å². The lowest BCUT2D eigenvalue weighted by Gasteiger charge is -2.07. The Hall–Kier alpha value is -2.19. The van der Waals surface area contributed by atoms with Gasteiger partial charge in [0.2, 0.25) is 0 Å². The fourth-order valence-electron chi connectivity index (χ4n) is 1.92. The number of carbonyl (C=O) groups excluding carboxylic acids is 1. The summed E-state index contributed by atoms with van der Waals surface area (Å²) >= 11 is 4.18. The summed E-state index contributed by atoms with van der Waals surface area (Å²) in [5, 5.41) is 6.16. The predicted octanol–water partition coefficient (Wildman–Crippen LogP) is 4.50. The maximum absolute atomic E-state index is 13.6. The average molecular weight is 396 g/mol. The monoisotopic (exact) mass is 395 g/mol. The van der Waals surface area contributed by atoms with Crippen LogP contribution in [0.5, 0.6) is 0 Å². The zero-order valence-electron chi connectivity index (χ0n) is 11.4. The number of carbonyl (C=O) groups is 1. The largest absolute Gasteiger partial charge is 0.316 e. The van der Waals surface area contributed by atoms with Crippen molar-refractivity contribution in [3.8, 4) is 11.3 Å². The minimum atomic E-state index is -0.846. The lowest BCUT2D eigenvalue weighted by Crippen LogP contribution is -2.14. The number of nitrogens with one attached hydrogen (secondary N) is 1. The molecule has 1 aromatic heterocycles. The Labute approximate surface area is 142 Å². The van der Waals surface area contributed by atoms with Crippen molar-refractivity contribution in [1.29, 1.82) is 0 Å². The van der Waals surface area contributed by atoms with Gasteiger partial charge >= 0.3 is 0 Å². The zero-order valence-corrected chi connectivity index (χ0v) is 13.8. The number of hydrogen-bond acceptors (Lipinski definition) is 4. The number of para-hydroxylation sites is 1. The van der Waals surface area contributed by atoms with Gasteiger partial charge in [-0.2, -0.15) is 0 Å². The van der Waals surface area contributed by atoms with Crippen LogP contribution in [-0.4, -0.2) is 15.5 Å². The van der Waals surface area contributed by atoms with E-state index in [1.807, 2.05) is 0 Å². The van der Waals surface area contributed by atoms with Gasteiger partial charge in [-0.25, -0.2) is 8.78 Å². The molecule has 1 heterocycles. The fourth-order valence-corrected chi connectivity index (χ4v) is 2.77. The first-order chi connectivity index (χ1) is 11.1. The standard InChI is InChI=1S/C15H8BrF2N3OS/c16-9-6-4-8(5-7-9)12-14(23-21-20-12)15(22)19-13-10(17)2-1-3-11(13)18/h1-7H,(H,19,22). The Kier molecular flexibility index (Phi) is 4.44. The van der Waals surface area contributed by atoms with Crippen LogP contribution in [0.4, 0.5) is 14.5 Å². The summed E-state index contributed by atoms with van der Waals surface area (Å²) in [5.41, 5.74) is 0.547. The highest BCUT2D eigenvalue weighted by atomic mass is 79.9. The molecule has 0 aliphatic heterocycles. The summed E-state index contributed by atoms with van der Waals surface area (Å²) in [6.07, 6.45) is 0. The van der Waals surface area contributed by atoms with Crippen molar-refractivity contribution in [2.24, 2.45) is 0 Å². The van der Waals surface area contributed by atoms with Gasteiger partial charge in [0.1, 0.15) is 27.9 Å². The van der Waals surface area contributed by atoms with Crippen molar-refractivity contribution in [3.05, 3.63) is 63.4 Å². The molecule has 3 aromatic rings. The van der Waals surface area contributed by atoms with E-state index >= 15 is 0 Å². The van der Waals surface area contributed by atoms with Crippen LogP contribution in [0, 0.1) is 11.6 Å². The molecule has 1 amide bonds. The molecule has 4 nitrogen and oxygen atoms in total. The molecule has 116 valence electrons. The fraction of sp³-hybridized carbons (Fsp3) is 0. The molecule has 0 aliphatic carbocycles. The number of amides is 1. The molecule has 2 aromatic carbocycles. The normalized spacial score (nSPS) is 10.6. The van der Waals surface area contributed by atoms with E-state index in [-0.39, 0.29) is 4.88 Å². The molecule has 0 unspecified atom stereocenters. The van der Waals surface area contributed by atoms with E-state index in [0.29, 0.717) is 11.3 Å². The van der Waals surface area contributed by atoms with Gasteiger partial charge < -0.3 is 5.32 Å². The van der Waals surface area contributed by atoms with Crippen LogP contribution in [-0.2, 0) is 0 Å². The molecule has 0 bridgehead atoms. The minimum absolute atomic E-state index is 0.176. The highest BCUT2D eigenvalue weighted by Crippen LogP contribution is 2.27. The Bertz CT molecular complexity index is 847. The maximum Gasteiger partial charge on any atom is 0.269 e. The van der Waals surface area contributed by atoms with Crippen LogP contribution in [0.25, 0.3) is 11.3 Å². The number of aromatic nitrogens is 2. The third-order valence-electron chi connectivity index (χ3n) is 3.01. The molecule has 0 fully saturated rings. The number of anilines is 1. The SMILES string of the molecule is O=C(Nc1c(F)cccc1F)c1snnc1-c1ccc(Br)cc1. The Morgan fingerprint density at radius 2 is 1.74 bits per heavy atom. The lowest BCUT2D eigenvalue weighted by molar-refractivity contribution is 0.103. The molecule has 1 N–H and O–H groups in total. The van der Waals surface area contributed by atoms with Gasteiger partial charge in [0.15, 0.2) is 0 Å². The smallest absolute Gasteiger partial charge is 0.269 e. The average Bonchev–Trinajstić information content (AvgIpc) is 3.01. The van der Waals surface area contributed by atoms with Gasteiger partial charge in [-0.3, -0.25) is 4.79 Å². The van der Waals surface area contributed by atoms with Crippen LogP contribution in [0.15, 0.2) is 46.9 Å². The summed E-state index contributed by atoms with van der Waals surface area (Å²) < 4.78 is 31.9. The van der Waals surface area contributed by atoms with Crippen molar-refractivity contribution in [2.75, 3.05) is 5.32 Å². The number of benzene rings is 2. The summed E-state index contributed by atoms with van der Waals surface area (Å²) in [5.74, 6) is -2.36. The molecule has 0 saturated carbocycles. The van der Waals surface area contributed by atoms with Crippen LogP contribution in [0.3, 0.4) is 0 Å². The third-order valence-corrected chi connectivity index (χ3v) is 4.27. The van der Waals surface area contributed by atoms with Gasteiger partial charge in [0, 0.05) is 10.0 Å². The highest BCUT2D eigenvalue weighted by molar-refractivity contribution is 9.10. The quantitative estimate of drug-likeness (QED) is 0.710. The number of hydrogen-bond donors (Lipinski definition) is 1. The molecule has 0 atom stereocenters. The van der Waals surface area contributed by atoms with Gasteiger partial charge in [-0.15, -0.1) is 5.10 Å². The molecule has 3 rings (SSSR count). The number of nitrogens with zero attached hydrogens (tertiary/aromatic N) is 2. The van der Waals surface area contributed by atoms with E-state index in [4.69, 9.17) is 0 Å². The number of rotatable bonds is 3. The van der Waals surface area contributed by atoms with Crippen LogP contribution in [0.1, 0.15) is 9.67 Å². The number of halogens is 3. The van der Waals surface area contributed by atoms with Gasteiger partial charge in [-0.05, 0) is 35.8 Å². The van der Waals surface area contributed by atoms with Crippen LogP contribution in [0.2, 0.25) is 0 Å². The van der Waals surface area contributed by atoms with Crippen molar-refractivity contribution >= 4 is 39.1 Å². The lowest BCUT2D eigenvalue weighted by atomic mass is 10.1. The Balaban J connectivity index is 1.92. The van der Waals surface area contributed by atoms with Gasteiger partial charge in [0.25, 0.3) is 5.91 Å². The second-order valence-corrected chi connectivity index (χ2v) is 6.18. The second kappa shape index (κ2) is 6.51. The van der Waals surface area contributed by atoms with E-state index in [1.165, 1.54) is 6.07 Å². The van der Waals surface area contributed by atoms with E-state index in [0.717, 1.165) is 28.1 Å².